The van der Waals surface area contributed by atoms with Crippen LogP contribution in [0.4, 0.5) is 5.69 Å². The number of hydrogen-bond acceptors (Lipinski definition) is 2. The zero-order valence-electron chi connectivity index (χ0n) is 8.43. The van der Waals surface area contributed by atoms with E-state index in [0.717, 1.165) is 24.5 Å². The summed E-state index contributed by atoms with van der Waals surface area (Å²) < 4.78 is 0. The topological polar surface area (TPSA) is 15.6 Å². The van der Waals surface area contributed by atoms with Gasteiger partial charge < -0.3 is 4.90 Å². The Hall–Kier alpha value is -1.83. The molecule has 2 aliphatic heterocycles. The number of hydrogen-bond donors (Lipinski definition) is 0. The number of benzene rings is 1. The van der Waals surface area contributed by atoms with E-state index < -0.39 is 0 Å². The van der Waals surface area contributed by atoms with Crippen molar-refractivity contribution in [3.05, 3.63) is 54.3 Å². The molecule has 0 fully saturated rings. The van der Waals surface area contributed by atoms with E-state index in [0.29, 0.717) is 0 Å². The minimum atomic E-state index is 1.01. The molecular formula is C13H12N2. The number of aliphatic imine (C=N–C) groups is 1. The van der Waals surface area contributed by atoms with Crippen molar-refractivity contribution in [2.24, 2.45) is 4.99 Å². The fourth-order valence-corrected chi connectivity index (χ4v) is 1.95. The zero-order chi connectivity index (χ0) is 10.1. The molecule has 2 nitrogen and oxygen atoms in total. The van der Waals surface area contributed by atoms with Crippen LogP contribution in [0.1, 0.15) is 5.56 Å². The van der Waals surface area contributed by atoms with Gasteiger partial charge in [0, 0.05) is 12.7 Å². The first kappa shape index (κ1) is 8.48. The second-order valence-corrected chi connectivity index (χ2v) is 3.74. The molecule has 0 saturated heterocycles. The monoisotopic (exact) mass is 196 g/mol. The van der Waals surface area contributed by atoms with E-state index in [2.05, 4.69) is 46.4 Å². The van der Waals surface area contributed by atoms with Crippen molar-refractivity contribution in [2.45, 2.75) is 6.42 Å². The minimum Gasteiger partial charge on any atom is -0.333 e. The molecule has 74 valence electrons. The van der Waals surface area contributed by atoms with Crippen LogP contribution in [0.15, 0.2) is 53.7 Å². The van der Waals surface area contributed by atoms with E-state index in [4.69, 9.17) is 0 Å². The van der Waals surface area contributed by atoms with Crippen LogP contribution in [-0.2, 0) is 6.42 Å². The first-order valence-corrected chi connectivity index (χ1v) is 5.21. The molecule has 1 aromatic rings. The van der Waals surface area contributed by atoms with Gasteiger partial charge in [-0.3, -0.25) is 0 Å². The van der Waals surface area contributed by atoms with E-state index in [1.54, 1.807) is 0 Å². The predicted molar refractivity (Wildman–Crippen MR) is 62.2 cm³/mol. The molecule has 3 rings (SSSR count). The van der Waals surface area contributed by atoms with Gasteiger partial charge in [-0.2, -0.15) is 0 Å². The summed E-state index contributed by atoms with van der Waals surface area (Å²) in [5.74, 6) is 1.04. The molecule has 0 unspecified atom stereocenters. The second-order valence-electron chi connectivity index (χ2n) is 3.74. The third-order valence-corrected chi connectivity index (χ3v) is 2.77. The molecule has 0 radical (unpaired) electrons. The number of fused-ring (bicyclic) bond motifs is 2. The zero-order valence-corrected chi connectivity index (χ0v) is 8.43. The van der Waals surface area contributed by atoms with E-state index >= 15 is 0 Å². The SMILES string of the molecule is C1=CC2=Nc3ccccc3CCN2C=C1. The van der Waals surface area contributed by atoms with Gasteiger partial charge in [-0.1, -0.05) is 24.3 Å². The van der Waals surface area contributed by atoms with Crippen molar-refractivity contribution < 1.29 is 0 Å². The van der Waals surface area contributed by atoms with E-state index in [-0.39, 0.29) is 0 Å². The molecule has 0 amide bonds. The Morgan fingerprint density at radius 3 is 3.07 bits per heavy atom. The summed E-state index contributed by atoms with van der Waals surface area (Å²) >= 11 is 0. The molecule has 2 heteroatoms. The molecule has 0 spiro atoms. The van der Waals surface area contributed by atoms with Gasteiger partial charge in [0.1, 0.15) is 5.84 Å². The third kappa shape index (κ3) is 1.48. The molecule has 2 heterocycles. The summed E-state index contributed by atoms with van der Waals surface area (Å²) in [7, 11) is 0. The summed E-state index contributed by atoms with van der Waals surface area (Å²) in [5, 5.41) is 0. The summed E-state index contributed by atoms with van der Waals surface area (Å²) in [6.07, 6.45) is 9.28. The number of rotatable bonds is 0. The summed E-state index contributed by atoms with van der Waals surface area (Å²) in [5.41, 5.74) is 2.44. The van der Waals surface area contributed by atoms with Gasteiger partial charge >= 0.3 is 0 Å². The maximum Gasteiger partial charge on any atom is 0.133 e. The van der Waals surface area contributed by atoms with Gasteiger partial charge in [0.25, 0.3) is 0 Å². The molecule has 0 N–H and O–H groups in total. The second kappa shape index (κ2) is 3.39. The van der Waals surface area contributed by atoms with Crippen LogP contribution >= 0.6 is 0 Å². The number of allylic oxidation sites excluding steroid dienone is 2. The minimum absolute atomic E-state index is 1.01. The lowest BCUT2D eigenvalue weighted by Crippen LogP contribution is -2.26. The quantitative estimate of drug-likeness (QED) is 0.623. The first-order valence-electron chi connectivity index (χ1n) is 5.21. The molecule has 2 aliphatic rings. The largest absolute Gasteiger partial charge is 0.333 e. The average Bonchev–Trinajstić information content (AvgIpc) is 2.48. The summed E-state index contributed by atoms with van der Waals surface area (Å²) in [4.78, 5) is 6.86. The predicted octanol–water partition coefficient (Wildman–Crippen LogP) is 2.66. The first-order chi connectivity index (χ1) is 7.43. The molecule has 0 bridgehead atoms. The van der Waals surface area contributed by atoms with Gasteiger partial charge in [-0.15, -0.1) is 0 Å². The number of amidine groups is 1. The van der Waals surface area contributed by atoms with E-state index in [1.165, 1.54) is 5.56 Å². The molecule has 0 atom stereocenters. The van der Waals surface area contributed by atoms with Crippen LogP contribution in [0.5, 0.6) is 0 Å². The maximum atomic E-state index is 4.67. The molecule has 15 heavy (non-hydrogen) atoms. The van der Waals surface area contributed by atoms with Crippen LogP contribution in [0.2, 0.25) is 0 Å². The highest BCUT2D eigenvalue weighted by Crippen LogP contribution is 2.24. The van der Waals surface area contributed by atoms with Crippen LogP contribution in [-0.4, -0.2) is 17.3 Å². The van der Waals surface area contributed by atoms with Crippen molar-refractivity contribution in [3.63, 3.8) is 0 Å². The van der Waals surface area contributed by atoms with Crippen molar-refractivity contribution >= 4 is 11.5 Å². The van der Waals surface area contributed by atoms with Crippen molar-refractivity contribution in [3.8, 4) is 0 Å². The standard InChI is InChI=1S/C13H12N2/c1-2-6-12-11(5-1)8-10-15-9-4-3-7-13(15)14-12/h1-7,9H,8,10H2. The third-order valence-electron chi connectivity index (χ3n) is 2.77. The number of para-hydroxylation sites is 1. The van der Waals surface area contributed by atoms with Crippen molar-refractivity contribution in [1.82, 2.24) is 4.90 Å². The highest BCUT2D eigenvalue weighted by atomic mass is 15.2. The molecule has 0 saturated carbocycles. The van der Waals surface area contributed by atoms with Gasteiger partial charge in [0.05, 0.1) is 5.69 Å². The van der Waals surface area contributed by atoms with Crippen molar-refractivity contribution in [1.29, 1.82) is 0 Å². The van der Waals surface area contributed by atoms with Crippen LogP contribution in [0, 0.1) is 0 Å². The van der Waals surface area contributed by atoms with Crippen LogP contribution < -0.4 is 0 Å². The van der Waals surface area contributed by atoms with Gasteiger partial charge in [0.15, 0.2) is 0 Å². The lowest BCUT2D eigenvalue weighted by atomic mass is 10.1. The molecule has 0 aromatic heterocycles. The van der Waals surface area contributed by atoms with Crippen LogP contribution in [0.3, 0.4) is 0 Å². The molecular weight excluding hydrogens is 184 g/mol. The summed E-state index contributed by atoms with van der Waals surface area (Å²) in [6, 6.07) is 8.36. The van der Waals surface area contributed by atoms with E-state index in [1.807, 2.05) is 12.1 Å². The Balaban J connectivity index is 2.09. The fraction of sp³-hybridized carbons (Fsp3) is 0.154. The Morgan fingerprint density at radius 1 is 1.13 bits per heavy atom. The smallest absolute Gasteiger partial charge is 0.133 e. The highest BCUT2D eigenvalue weighted by molar-refractivity contribution is 5.97. The molecule has 1 aromatic carbocycles. The highest BCUT2D eigenvalue weighted by Gasteiger charge is 2.14. The molecule has 0 aliphatic carbocycles. The van der Waals surface area contributed by atoms with E-state index in [9.17, 15) is 0 Å². The normalized spacial score (nSPS) is 17.9. The average molecular weight is 196 g/mol. The van der Waals surface area contributed by atoms with Gasteiger partial charge in [-0.25, -0.2) is 4.99 Å². The Labute approximate surface area is 89.3 Å². The fourth-order valence-electron chi connectivity index (χ4n) is 1.95. The number of nitrogens with zero attached hydrogens (tertiary/aromatic N) is 2. The Kier molecular flexibility index (Phi) is 1.91. The van der Waals surface area contributed by atoms with Crippen molar-refractivity contribution in [2.75, 3.05) is 6.54 Å². The maximum absolute atomic E-state index is 4.67. The van der Waals surface area contributed by atoms with Gasteiger partial charge in [-0.05, 0) is 30.2 Å². The lowest BCUT2D eigenvalue weighted by molar-refractivity contribution is 0.563. The van der Waals surface area contributed by atoms with Crippen LogP contribution in [0.25, 0.3) is 0 Å². The summed E-state index contributed by atoms with van der Waals surface area (Å²) in [6.45, 7) is 1.01. The Morgan fingerprint density at radius 2 is 2.07 bits per heavy atom. The van der Waals surface area contributed by atoms with Gasteiger partial charge in [0.2, 0.25) is 0 Å². The lowest BCUT2D eigenvalue weighted by Gasteiger charge is -2.19. The Bertz CT molecular complexity index is 469.